The van der Waals surface area contributed by atoms with E-state index < -0.39 is 11.8 Å². The van der Waals surface area contributed by atoms with Crippen LogP contribution in [-0.2, 0) is 9.59 Å². The van der Waals surface area contributed by atoms with Crippen LogP contribution in [0.25, 0.3) is 20.8 Å². The molecule has 1 aliphatic rings. The number of rotatable bonds is 4. The van der Waals surface area contributed by atoms with E-state index in [2.05, 4.69) is 4.98 Å². The van der Waals surface area contributed by atoms with E-state index in [4.69, 9.17) is 10.5 Å². The first-order chi connectivity index (χ1) is 12.6. The number of hydrogen-bond donors (Lipinski definition) is 1. The molecule has 1 unspecified atom stereocenters. The molecule has 132 valence electrons. The van der Waals surface area contributed by atoms with E-state index in [-0.39, 0.29) is 18.9 Å². The predicted octanol–water partition coefficient (Wildman–Crippen LogP) is 2.81. The summed E-state index contributed by atoms with van der Waals surface area (Å²) in [7, 11) is 1.56. The van der Waals surface area contributed by atoms with Gasteiger partial charge >= 0.3 is 0 Å². The third-order valence-corrected chi connectivity index (χ3v) is 5.62. The number of anilines is 1. The van der Waals surface area contributed by atoms with Gasteiger partial charge in [0.2, 0.25) is 11.8 Å². The van der Waals surface area contributed by atoms with Gasteiger partial charge in [0.25, 0.3) is 0 Å². The molecule has 1 fully saturated rings. The first-order valence-corrected chi connectivity index (χ1v) is 9.02. The fourth-order valence-corrected chi connectivity index (χ4v) is 4.12. The van der Waals surface area contributed by atoms with Crippen LogP contribution in [-0.4, -0.2) is 30.5 Å². The second-order valence-corrected chi connectivity index (χ2v) is 7.21. The van der Waals surface area contributed by atoms with Gasteiger partial charge < -0.3 is 15.4 Å². The van der Waals surface area contributed by atoms with E-state index in [0.717, 1.165) is 20.8 Å². The summed E-state index contributed by atoms with van der Waals surface area (Å²) in [4.78, 5) is 30.1. The molecule has 1 aliphatic heterocycles. The highest BCUT2D eigenvalue weighted by Crippen LogP contribution is 2.38. The van der Waals surface area contributed by atoms with Crippen LogP contribution >= 0.6 is 11.3 Å². The number of primary amides is 1. The number of fused-ring (bicyclic) bond motifs is 1. The summed E-state index contributed by atoms with van der Waals surface area (Å²) < 4.78 is 6.53. The van der Waals surface area contributed by atoms with E-state index >= 15 is 0 Å². The molecule has 3 aromatic rings. The summed E-state index contributed by atoms with van der Waals surface area (Å²) in [6.45, 7) is 0.272. The zero-order valence-corrected chi connectivity index (χ0v) is 15.0. The molecule has 1 aromatic heterocycles. The molecule has 6 nitrogen and oxygen atoms in total. The maximum atomic E-state index is 12.4. The molecule has 4 rings (SSSR count). The normalized spacial score (nSPS) is 17.0. The standard InChI is InChI=1S/C19H17N3O3S/c1-25-15-7-6-11(19-21-13-4-2-3-5-16(13)26-19)8-14(15)22-10-12(18(20)24)9-17(22)23/h2-8,12H,9-10H2,1H3,(H2,20,24). The summed E-state index contributed by atoms with van der Waals surface area (Å²) in [6, 6.07) is 13.6. The lowest BCUT2D eigenvalue weighted by Gasteiger charge is -2.20. The molecule has 1 saturated heterocycles. The Bertz CT molecular complexity index is 981. The number of methoxy groups -OCH3 is 1. The fraction of sp³-hybridized carbons (Fsp3) is 0.211. The van der Waals surface area contributed by atoms with Crippen molar-refractivity contribution in [3.8, 4) is 16.3 Å². The van der Waals surface area contributed by atoms with Gasteiger partial charge in [-0.3, -0.25) is 9.59 Å². The number of amides is 2. The quantitative estimate of drug-likeness (QED) is 0.768. The van der Waals surface area contributed by atoms with E-state index in [9.17, 15) is 9.59 Å². The highest BCUT2D eigenvalue weighted by Gasteiger charge is 2.35. The first kappa shape index (κ1) is 16.5. The SMILES string of the molecule is COc1ccc(-c2nc3ccccc3s2)cc1N1CC(C(N)=O)CC1=O. The Kier molecular flexibility index (Phi) is 4.08. The van der Waals surface area contributed by atoms with Gasteiger partial charge in [0, 0.05) is 18.5 Å². The van der Waals surface area contributed by atoms with Crippen molar-refractivity contribution < 1.29 is 14.3 Å². The monoisotopic (exact) mass is 367 g/mol. The molecule has 0 saturated carbocycles. The predicted molar refractivity (Wildman–Crippen MR) is 101 cm³/mol. The molecule has 0 radical (unpaired) electrons. The van der Waals surface area contributed by atoms with Crippen molar-refractivity contribution in [3.05, 3.63) is 42.5 Å². The second kappa shape index (κ2) is 6.42. The third kappa shape index (κ3) is 2.80. The molecular formula is C19H17N3O3S. The van der Waals surface area contributed by atoms with Crippen LogP contribution in [0.1, 0.15) is 6.42 Å². The van der Waals surface area contributed by atoms with Gasteiger partial charge in [0.05, 0.1) is 28.9 Å². The van der Waals surface area contributed by atoms with Crippen LogP contribution in [0, 0.1) is 5.92 Å². The van der Waals surface area contributed by atoms with E-state index in [1.54, 1.807) is 23.3 Å². The van der Waals surface area contributed by atoms with Crippen molar-refractivity contribution in [3.63, 3.8) is 0 Å². The summed E-state index contributed by atoms with van der Waals surface area (Å²) in [5, 5.41) is 0.869. The van der Waals surface area contributed by atoms with Crippen molar-refractivity contribution in [2.24, 2.45) is 11.7 Å². The Morgan fingerprint density at radius 3 is 2.81 bits per heavy atom. The Labute approximate surface area is 154 Å². The van der Waals surface area contributed by atoms with Gasteiger partial charge in [-0.25, -0.2) is 4.98 Å². The van der Waals surface area contributed by atoms with Crippen LogP contribution in [0.15, 0.2) is 42.5 Å². The number of benzene rings is 2. The van der Waals surface area contributed by atoms with Crippen LogP contribution in [0.3, 0.4) is 0 Å². The average molecular weight is 367 g/mol. The number of aromatic nitrogens is 1. The fourth-order valence-electron chi connectivity index (χ4n) is 3.16. The molecule has 7 heteroatoms. The molecule has 0 spiro atoms. The van der Waals surface area contributed by atoms with Crippen LogP contribution in [0.4, 0.5) is 5.69 Å². The molecule has 0 bridgehead atoms. The number of carbonyl (C=O) groups excluding carboxylic acids is 2. The lowest BCUT2D eigenvalue weighted by molar-refractivity contribution is -0.123. The van der Waals surface area contributed by atoms with Crippen molar-refractivity contribution in [2.75, 3.05) is 18.6 Å². The number of carbonyl (C=O) groups is 2. The van der Waals surface area contributed by atoms with Crippen molar-refractivity contribution in [1.82, 2.24) is 4.98 Å². The lowest BCUT2D eigenvalue weighted by Crippen LogP contribution is -2.28. The Morgan fingerprint density at radius 1 is 1.31 bits per heavy atom. The number of thiazole rings is 1. The molecule has 26 heavy (non-hydrogen) atoms. The lowest BCUT2D eigenvalue weighted by atomic mass is 10.1. The van der Waals surface area contributed by atoms with Gasteiger partial charge in [-0.05, 0) is 30.3 Å². The molecule has 1 atom stereocenters. The zero-order chi connectivity index (χ0) is 18.3. The van der Waals surface area contributed by atoms with Gasteiger partial charge in [-0.15, -0.1) is 11.3 Å². The van der Waals surface area contributed by atoms with E-state index in [1.165, 1.54) is 0 Å². The summed E-state index contributed by atoms with van der Waals surface area (Å²) in [5.41, 5.74) is 7.86. The number of para-hydroxylation sites is 1. The second-order valence-electron chi connectivity index (χ2n) is 6.18. The maximum absolute atomic E-state index is 12.4. The van der Waals surface area contributed by atoms with Gasteiger partial charge in [-0.2, -0.15) is 0 Å². The molecule has 2 amide bonds. The molecule has 2 aromatic carbocycles. The maximum Gasteiger partial charge on any atom is 0.227 e. The molecular weight excluding hydrogens is 350 g/mol. The van der Waals surface area contributed by atoms with Gasteiger partial charge in [-0.1, -0.05) is 12.1 Å². The van der Waals surface area contributed by atoms with Gasteiger partial charge in [0.1, 0.15) is 10.8 Å². The number of nitrogens with two attached hydrogens (primary N) is 1. The Hall–Kier alpha value is -2.93. The minimum absolute atomic E-state index is 0.129. The average Bonchev–Trinajstić information content (AvgIpc) is 3.24. The third-order valence-electron chi connectivity index (χ3n) is 4.54. The number of nitrogens with zero attached hydrogens (tertiary/aromatic N) is 2. The molecule has 2 N–H and O–H groups in total. The largest absolute Gasteiger partial charge is 0.495 e. The summed E-state index contributed by atoms with van der Waals surface area (Å²) >= 11 is 1.59. The number of ether oxygens (including phenoxy) is 1. The Balaban J connectivity index is 1.76. The zero-order valence-electron chi connectivity index (χ0n) is 14.1. The minimum atomic E-state index is -0.474. The van der Waals surface area contributed by atoms with Crippen molar-refractivity contribution in [1.29, 1.82) is 0 Å². The van der Waals surface area contributed by atoms with Gasteiger partial charge in [0.15, 0.2) is 0 Å². The number of hydrogen-bond acceptors (Lipinski definition) is 5. The summed E-state index contributed by atoms with van der Waals surface area (Å²) in [5.74, 6) is -0.484. The first-order valence-electron chi connectivity index (χ1n) is 8.20. The van der Waals surface area contributed by atoms with Crippen molar-refractivity contribution in [2.45, 2.75) is 6.42 Å². The molecule has 0 aliphatic carbocycles. The van der Waals surface area contributed by atoms with E-state index in [0.29, 0.717) is 11.4 Å². The van der Waals surface area contributed by atoms with Crippen LogP contribution in [0.2, 0.25) is 0 Å². The molecule has 2 heterocycles. The van der Waals surface area contributed by atoms with E-state index in [1.807, 2.05) is 42.5 Å². The van der Waals surface area contributed by atoms with Crippen LogP contribution in [0.5, 0.6) is 5.75 Å². The Morgan fingerprint density at radius 2 is 2.12 bits per heavy atom. The topological polar surface area (TPSA) is 85.5 Å². The highest BCUT2D eigenvalue weighted by molar-refractivity contribution is 7.21. The smallest absolute Gasteiger partial charge is 0.227 e. The van der Waals surface area contributed by atoms with Crippen molar-refractivity contribution >= 4 is 39.1 Å². The summed E-state index contributed by atoms with van der Waals surface area (Å²) in [6.07, 6.45) is 0.129. The van der Waals surface area contributed by atoms with Crippen LogP contribution < -0.4 is 15.4 Å². The minimum Gasteiger partial charge on any atom is -0.495 e. The highest BCUT2D eigenvalue weighted by atomic mass is 32.1.